The number of hydrogen-bond donors (Lipinski definition) is 2. The molecule has 8 nitrogen and oxygen atoms in total. The van der Waals surface area contributed by atoms with Crippen molar-refractivity contribution in [3.8, 4) is 10.6 Å². The fraction of sp³-hybridized carbons (Fsp3) is 0.120. The van der Waals surface area contributed by atoms with Crippen molar-refractivity contribution >= 4 is 45.7 Å². The molecule has 0 radical (unpaired) electrons. The average Bonchev–Trinajstić information content (AvgIpc) is 3.62. The molecule has 5 aromatic rings. The number of oxazole rings is 1. The van der Waals surface area contributed by atoms with E-state index in [-0.39, 0.29) is 18.2 Å². The minimum atomic E-state index is -0.243. The molecular weight excluding hydrogens is 450 g/mol. The van der Waals surface area contributed by atoms with Crippen LogP contribution in [0.2, 0.25) is 0 Å². The van der Waals surface area contributed by atoms with E-state index in [1.807, 2.05) is 54.0 Å². The number of nitrogens with one attached hydrogen (secondary N) is 2. The van der Waals surface area contributed by atoms with Gasteiger partial charge in [0.2, 0.25) is 5.95 Å². The van der Waals surface area contributed by atoms with Crippen LogP contribution in [0, 0.1) is 0 Å². The molecule has 2 aromatic carbocycles. The molecule has 0 fully saturated rings. The SMILES string of the molecule is CCn1c(NC(=O)c2ccc(-c3cnco3)s2)nc2cc(NCC(=O)c3ccccc3)ccc21. The molecule has 0 aliphatic heterocycles. The summed E-state index contributed by atoms with van der Waals surface area (Å²) in [7, 11) is 0. The Balaban J connectivity index is 1.33. The average molecular weight is 472 g/mol. The predicted octanol–water partition coefficient (Wildman–Crippen LogP) is 5.32. The van der Waals surface area contributed by atoms with Crippen molar-refractivity contribution in [1.82, 2.24) is 14.5 Å². The summed E-state index contributed by atoms with van der Waals surface area (Å²) < 4.78 is 7.24. The summed E-state index contributed by atoms with van der Waals surface area (Å²) in [6.07, 6.45) is 2.97. The molecule has 0 aliphatic carbocycles. The van der Waals surface area contributed by atoms with Gasteiger partial charge in [0.25, 0.3) is 5.91 Å². The van der Waals surface area contributed by atoms with Crippen LogP contribution < -0.4 is 10.6 Å². The van der Waals surface area contributed by atoms with Gasteiger partial charge in [0, 0.05) is 17.8 Å². The van der Waals surface area contributed by atoms with Crippen LogP contribution in [0.15, 0.2) is 77.7 Å². The second kappa shape index (κ2) is 9.32. The maximum Gasteiger partial charge on any atom is 0.268 e. The van der Waals surface area contributed by atoms with Gasteiger partial charge in [-0.2, -0.15) is 0 Å². The number of amides is 1. The maximum atomic E-state index is 12.9. The first-order valence-electron chi connectivity index (χ1n) is 10.7. The van der Waals surface area contributed by atoms with Crippen LogP contribution in [-0.4, -0.2) is 32.8 Å². The number of thiophene rings is 1. The van der Waals surface area contributed by atoms with Gasteiger partial charge in [-0.25, -0.2) is 9.97 Å². The van der Waals surface area contributed by atoms with Gasteiger partial charge < -0.3 is 14.3 Å². The van der Waals surface area contributed by atoms with Crippen molar-refractivity contribution in [2.24, 2.45) is 0 Å². The lowest BCUT2D eigenvalue weighted by atomic mass is 10.1. The van der Waals surface area contributed by atoms with E-state index in [1.165, 1.54) is 17.7 Å². The Bertz CT molecular complexity index is 1450. The Morgan fingerprint density at radius 1 is 1.09 bits per heavy atom. The molecular formula is C25H21N5O3S. The summed E-state index contributed by atoms with van der Waals surface area (Å²) in [6, 6.07) is 18.5. The number of carbonyl (C=O) groups excluding carboxylic acids is 2. The monoisotopic (exact) mass is 471 g/mol. The van der Waals surface area contributed by atoms with Gasteiger partial charge in [0.05, 0.1) is 33.5 Å². The molecule has 34 heavy (non-hydrogen) atoms. The number of carbonyl (C=O) groups is 2. The standard InChI is InChI=1S/C25H21N5O3S/c1-2-30-19-9-8-17(27-13-20(31)16-6-4-3-5-7-16)12-18(19)28-25(30)29-24(32)23-11-10-22(34-23)21-14-26-15-33-21/h3-12,14-15,27H,2,13H2,1H3,(H,28,29,32). The van der Waals surface area contributed by atoms with Gasteiger partial charge in [0.15, 0.2) is 17.9 Å². The summed E-state index contributed by atoms with van der Waals surface area (Å²) in [4.78, 5) is 35.2. The number of fused-ring (bicyclic) bond motifs is 1. The molecule has 0 bridgehead atoms. The Morgan fingerprint density at radius 2 is 1.94 bits per heavy atom. The first-order valence-corrected chi connectivity index (χ1v) is 11.6. The Labute approximate surface area is 199 Å². The van der Waals surface area contributed by atoms with E-state index in [0.29, 0.717) is 28.7 Å². The van der Waals surface area contributed by atoms with Crippen LogP contribution in [0.3, 0.4) is 0 Å². The zero-order chi connectivity index (χ0) is 23.5. The second-order valence-corrected chi connectivity index (χ2v) is 8.59. The summed E-state index contributed by atoms with van der Waals surface area (Å²) in [5, 5.41) is 6.09. The smallest absolute Gasteiger partial charge is 0.268 e. The van der Waals surface area contributed by atoms with Crippen molar-refractivity contribution in [2.75, 3.05) is 17.2 Å². The molecule has 3 heterocycles. The van der Waals surface area contributed by atoms with E-state index in [4.69, 9.17) is 4.42 Å². The highest BCUT2D eigenvalue weighted by Crippen LogP contribution is 2.29. The van der Waals surface area contributed by atoms with Crippen LogP contribution in [0.5, 0.6) is 0 Å². The third-order valence-electron chi connectivity index (χ3n) is 5.34. The van der Waals surface area contributed by atoms with Gasteiger partial charge in [0.1, 0.15) is 0 Å². The summed E-state index contributed by atoms with van der Waals surface area (Å²) >= 11 is 1.32. The number of anilines is 2. The lowest BCUT2D eigenvalue weighted by molar-refractivity contribution is 0.100. The zero-order valence-corrected chi connectivity index (χ0v) is 19.1. The van der Waals surface area contributed by atoms with Crippen molar-refractivity contribution in [2.45, 2.75) is 13.5 Å². The molecule has 0 atom stereocenters. The van der Waals surface area contributed by atoms with Crippen LogP contribution >= 0.6 is 11.3 Å². The minimum absolute atomic E-state index is 0.00776. The molecule has 0 aliphatic rings. The first kappa shape index (κ1) is 21.6. The third kappa shape index (κ3) is 4.33. The number of imidazole rings is 1. The van der Waals surface area contributed by atoms with Gasteiger partial charge in [-0.1, -0.05) is 30.3 Å². The third-order valence-corrected chi connectivity index (χ3v) is 6.44. The van der Waals surface area contributed by atoms with Crippen molar-refractivity contribution in [3.05, 3.63) is 83.7 Å². The molecule has 170 valence electrons. The van der Waals surface area contributed by atoms with E-state index in [0.717, 1.165) is 21.6 Å². The molecule has 3 aromatic heterocycles. The lowest BCUT2D eigenvalue weighted by Crippen LogP contribution is -2.14. The fourth-order valence-electron chi connectivity index (χ4n) is 3.66. The quantitative estimate of drug-likeness (QED) is 0.297. The molecule has 9 heteroatoms. The number of rotatable bonds is 8. The summed E-state index contributed by atoms with van der Waals surface area (Å²) in [5.74, 6) is 0.853. The van der Waals surface area contributed by atoms with E-state index < -0.39 is 0 Å². The molecule has 1 amide bonds. The molecule has 5 rings (SSSR count). The van der Waals surface area contributed by atoms with Crippen LogP contribution in [-0.2, 0) is 6.54 Å². The van der Waals surface area contributed by atoms with Crippen LogP contribution in [0.4, 0.5) is 11.6 Å². The Morgan fingerprint density at radius 3 is 2.71 bits per heavy atom. The molecule has 0 saturated heterocycles. The van der Waals surface area contributed by atoms with Gasteiger partial charge in [-0.3, -0.25) is 14.9 Å². The highest BCUT2D eigenvalue weighted by molar-refractivity contribution is 7.17. The minimum Gasteiger partial charge on any atom is -0.443 e. The summed E-state index contributed by atoms with van der Waals surface area (Å²) in [6.45, 7) is 2.81. The number of Topliss-reactive ketones (excluding diaryl/α,β-unsaturated/α-hetero) is 1. The Hall–Kier alpha value is -4.24. The summed E-state index contributed by atoms with van der Waals surface area (Å²) in [5.41, 5.74) is 3.07. The highest BCUT2D eigenvalue weighted by Gasteiger charge is 2.17. The van der Waals surface area contributed by atoms with Crippen LogP contribution in [0.25, 0.3) is 21.7 Å². The largest absolute Gasteiger partial charge is 0.443 e. The number of aromatic nitrogens is 3. The molecule has 0 spiro atoms. The zero-order valence-electron chi connectivity index (χ0n) is 18.3. The molecule has 2 N–H and O–H groups in total. The maximum absolute atomic E-state index is 12.9. The van der Waals surface area contributed by atoms with Gasteiger partial charge in [-0.05, 0) is 37.3 Å². The number of aryl methyl sites for hydroxylation is 1. The van der Waals surface area contributed by atoms with Gasteiger partial charge in [-0.15, -0.1) is 11.3 Å². The lowest BCUT2D eigenvalue weighted by Gasteiger charge is -2.08. The fourth-order valence-corrected chi connectivity index (χ4v) is 4.51. The number of hydrogen-bond acceptors (Lipinski definition) is 7. The first-order chi connectivity index (χ1) is 16.6. The number of nitrogens with zero attached hydrogens (tertiary/aromatic N) is 3. The predicted molar refractivity (Wildman–Crippen MR) is 132 cm³/mol. The topological polar surface area (TPSA) is 102 Å². The van der Waals surface area contributed by atoms with Crippen molar-refractivity contribution in [3.63, 3.8) is 0 Å². The van der Waals surface area contributed by atoms with E-state index in [1.54, 1.807) is 24.4 Å². The van der Waals surface area contributed by atoms with E-state index >= 15 is 0 Å². The molecule has 0 saturated carbocycles. The van der Waals surface area contributed by atoms with Crippen molar-refractivity contribution in [1.29, 1.82) is 0 Å². The van der Waals surface area contributed by atoms with E-state index in [9.17, 15) is 9.59 Å². The molecule has 0 unspecified atom stereocenters. The van der Waals surface area contributed by atoms with Crippen molar-refractivity contribution < 1.29 is 14.0 Å². The van der Waals surface area contributed by atoms with Gasteiger partial charge >= 0.3 is 0 Å². The van der Waals surface area contributed by atoms with Crippen LogP contribution in [0.1, 0.15) is 27.0 Å². The number of ketones is 1. The van der Waals surface area contributed by atoms with E-state index in [2.05, 4.69) is 20.6 Å². The highest BCUT2D eigenvalue weighted by atomic mass is 32.1. The number of benzene rings is 2. The Kier molecular flexibility index (Phi) is 5.92. The normalized spacial score (nSPS) is 11.0. The second-order valence-electron chi connectivity index (χ2n) is 7.51.